The summed E-state index contributed by atoms with van der Waals surface area (Å²) in [7, 11) is 0. The molecule has 46 heavy (non-hydrogen) atoms. The first kappa shape index (κ1) is 35.1. The summed E-state index contributed by atoms with van der Waals surface area (Å²) in [5.41, 5.74) is 18.5. The van der Waals surface area contributed by atoms with Gasteiger partial charge in [-0.2, -0.15) is 0 Å². The average Bonchev–Trinajstić information content (AvgIpc) is 3.60. The molecule has 1 heterocycles. The Morgan fingerprint density at radius 2 is 0.957 bits per heavy atom. The Morgan fingerprint density at radius 3 is 1.28 bits per heavy atom. The van der Waals surface area contributed by atoms with E-state index >= 15 is 0 Å². The Labute approximate surface area is 295 Å². The summed E-state index contributed by atoms with van der Waals surface area (Å²) in [4.78, 5) is 0. The zero-order chi connectivity index (χ0) is 30.3. The Balaban J connectivity index is 0.00000208. The fourth-order valence-electron chi connectivity index (χ4n) is 8.97. The van der Waals surface area contributed by atoms with Gasteiger partial charge in [-0.25, -0.2) is 0 Å². The number of hydrogen-bond acceptors (Lipinski definition) is 0. The molecule has 1 aliphatic heterocycles. The van der Waals surface area contributed by atoms with Crippen molar-refractivity contribution < 1.29 is 44.8 Å². The molecule has 4 aromatic carbocycles. The summed E-state index contributed by atoms with van der Waals surface area (Å²) < 4.78 is 4.50. The van der Waals surface area contributed by atoms with Gasteiger partial charge >= 0.3 is 272 Å². The molecule has 0 amide bonds. The summed E-state index contributed by atoms with van der Waals surface area (Å²) in [6, 6.07) is 33.4. The van der Waals surface area contributed by atoms with Gasteiger partial charge in [0.25, 0.3) is 0 Å². The Kier molecular flexibility index (Phi) is 11.4. The fourth-order valence-corrected chi connectivity index (χ4v) is 31.7. The summed E-state index contributed by atoms with van der Waals surface area (Å²) >= 11 is -3.02. The van der Waals surface area contributed by atoms with E-state index in [1.807, 2.05) is 0 Å². The van der Waals surface area contributed by atoms with Crippen molar-refractivity contribution in [1.29, 1.82) is 0 Å². The van der Waals surface area contributed by atoms with Crippen LogP contribution in [0.4, 0.5) is 0 Å². The van der Waals surface area contributed by atoms with Crippen LogP contribution in [0.2, 0.25) is 8.35 Å². The van der Waals surface area contributed by atoms with Crippen LogP contribution in [0.1, 0.15) is 101 Å². The maximum Gasteiger partial charge on any atom is -1.00 e. The molecule has 0 bridgehead atoms. The van der Waals surface area contributed by atoms with Crippen molar-refractivity contribution in [1.82, 2.24) is 0 Å². The number of allylic oxidation sites excluding steroid dienone is 2. The number of rotatable bonds is 10. The molecule has 3 heteroatoms. The molecular weight excluding hydrogens is 766 g/mol. The predicted molar refractivity (Wildman–Crippen MR) is 188 cm³/mol. The molecule has 0 N–H and O–H groups in total. The number of halogens is 2. The molecule has 3 aliphatic rings. The molecule has 2 unspecified atom stereocenters. The van der Waals surface area contributed by atoms with Crippen LogP contribution in [0.3, 0.4) is 0 Å². The third kappa shape index (κ3) is 5.99. The topological polar surface area (TPSA) is 0 Å². The minimum absolute atomic E-state index is 0. The van der Waals surface area contributed by atoms with Gasteiger partial charge in [-0.05, 0) is 0 Å². The van der Waals surface area contributed by atoms with Crippen molar-refractivity contribution in [3.05, 3.63) is 129 Å². The van der Waals surface area contributed by atoms with Gasteiger partial charge < -0.3 is 24.8 Å². The van der Waals surface area contributed by atoms with E-state index in [4.69, 9.17) is 0 Å². The van der Waals surface area contributed by atoms with Crippen molar-refractivity contribution in [2.24, 2.45) is 0 Å². The average molecular weight is 814 g/mol. The van der Waals surface area contributed by atoms with Crippen LogP contribution in [-0.2, 0) is 32.8 Å². The first-order valence-electron chi connectivity index (χ1n) is 17.5. The van der Waals surface area contributed by atoms with Crippen molar-refractivity contribution >= 4 is 12.2 Å². The van der Waals surface area contributed by atoms with E-state index in [9.17, 15) is 0 Å². The molecule has 0 aromatic heterocycles. The van der Waals surface area contributed by atoms with Crippen molar-refractivity contribution in [2.45, 2.75) is 88.3 Å². The maximum atomic E-state index is 2.68. The molecule has 0 saturated carbocycles. The predicted octanol–water partition coefficient (Wildman–Crippen LogP) is 6.72. The molecule has 7 rings (SSSR count). The third-order valence-electron chi connectivity index (χ3n) is 11.2. The smallest absolute Gasteiger partial charge is 1.00 e. The quantitative estimate of drug-likeness (QED) is 0.156. The SMILES string of the molecule is CCCC1=Cc2c(-c3ccc(CC)cc3)cccc2[CH]1[Hf+2]1([CH]2C(CCC)=Cc3c(-c4ccc(CC)cc4)cccc32)[CH2]C[CH2]1.[Cl-].[Cl-]. The second-order valence-corrected chi connectivity index (χ2v) is 30.2. The standard InChI is InChI=1S/2C20H21.C3H6.2ClH.Hf/c2*1-3-6-16-13-18-7-5-8-19(20(18)14-16)17-11-9-15(4-2)10-12-17;1-3-2;;;/h2*5,7-14H,3-4,6H2,1-2H3;1-3H2;2*1H;/q;;;;;+2/p-2. The molecule has 0 nitrogen and oxygen atoms in total. The summed E-state index contributed by atoms with van der Waals surface area (Å²) in [6.07, 6.45) is 13.9. The number of benzene rings is 4. The van der Waals surface area contributed by atoms with Crippen LogP contribution in [0.15, 0.2) is 96.1 Å². The van der Waals surface area contributed by atoms with E-state index < -0.39 is 20.0 Å². The second kappa shape index (κ2) is 14.9. The molecule has 1 saturated heterocycles. The molecule has 1 fully saturated rings. The van der Waals surface area contributed by atoms with Crippen LogP contribution < -0.4 is 24.8 Å². The Hall–Kier alpha value is -2.19. The molecule has 4 aromatic rings. The third-order valence-corrected chi connectivity index (χ3v) is 33.6. The van der Waals surface area contributed by atoms with Gasteiger partial charge in [0.05, 0.1) is 0 Å². The van der Waals surface area contributed by atoms with Crippen LogP contribution in [0, 0.1) is 0 Å². The van der Waals surface area contributed by atoms with Crippen LogP contribution in [0.5, 0.6) is 0 Å². The first-order valence-corrected chi connectivity index (χ1v) is 26.7. The summed E-state index contributed by atoms with van der Waals surface area (Å²) in [5, 5.41) is 0. The van der Waals surface area contributed by atoms with Gasteiger partial charge in [-0.15, -0.1) is 0 Å². The minimum Gasteiger partial charge on any atom is -1.00 e. The van der Waals surface area contributed by atoms with Gasteiger partial charge in [0.2, 0.25) is 0 Å². The van der Waals surface area contributed by atoms with Crippen LogP contribution in [-0.4, -0.2) is 0 Å². The fraction of sp³-hybridized carbons (Fsp3) is 0.349. The van der Waals surface area contributed by atoms with E-state index in [0.717, 1.165) is 12.8 Å². The van der Waals surface area contributed by atoms with Crippen LogP contribution in [0.25, 0.3) is 34.4 Å². The van der Waals surface area contributed by atoms with Crippen molar-refractivity contribution in [3.8, 4) is 22.3 Å². The second-order valence-electron chi connectivity index (χ2n) is 13.6. The largest absolute Gasteiger partial charge is 1.00 e. The van der Waals surface area contributed by atoms with E-state index in [2.05, 4.69) is 125 Å². The van der Waals surface area contributed by atoms with Gasteiger partial charge in [0.1, 0.15) is 0 Å². The maximum absolute atomic E-state index is 3.02. The van der Waals surface area contributed by atoms with Gasteiger partial charge in [-0.3, -0.25) is 0 Å². The molecule has 238 valence electrons. The monoisotopic (exact) mass is 814 g/mol. The molecule has 0 radical (unpaired) electrons. The van der Waals surface area contributed by atoms with E-state index in [1.54, 1.807) is 33.4 Å². The molecule has 2 atom stereocenters. The number of hydrogen-bond donors (Lipinski definition) is 0. The normalized spacial score (nSPS) is 18.1. The molecule has 2 aliphatic carbocycles. The van der Waals surface area contributed by atoms with Gasteiger partial charge in [0.15, 0.2) is 0 Å². The van der Waals surface area contributed by atoms with Gasteiger partial charge in [0, 0.05) is 0 Å². The van der Waals surface area contributed by atoms with E-state index in [0.29, 0.717) is 7.35 Å². The first-order chi connectivity index (χ1) is 21.6. The van der Waals surface area contributed by atoms with Crippen LogP contribution >= 0.6 is 0 Å². The van der Waals surface area contributed by atoms with E-state index in [1.165, 1.54) is 73.8 Å². The van der Waals surface area contributed by atoms with Gasteiger partial charge in [-0.1, -0.05) is 0 Å². The van der Waals surface area contributed by atoms with Crippen molar-refractivity contribution in [2.75, 3.05) is 0 Å². The summed E-state index contributed by atoms with van der Waals surface area (Å²) in [6.45, 7) is 9.27. The number of aryl methyl sites for hydroxylation is 2. The zero-order valence-corrected chi connectivity index (χ0v) is 33.1. The molecular formula is C43H48Cl2Hf. The zero-order valence-electron chi connectivity index (χ0n) is 28.0. The molecule has 0 spiro atoms. The number of fused-ring (bicyclic) bond motifs is 2. The van der Waals surface area contributed by atoms with Crippen molar-refractivity contribution in [3.63, 3.8) is 0 Å². The minimum atomic E-state index is -3.02. The Morgan fingerprint density at radius 1 is 0.543 bits per heavy atom. The van der Waals surface area contributed by atoms with E-state index in [-0.39, 0.29) is 24.8 Å². The summed E-state index contributed by atoms with van der Waals surface area (Å²) in [5.74, 6) is 0. The Bertz CT molecular complexity index is 1600.